The Morgan fingerprint density at radius 2 is 2.08 bits per heavy atom. The van der Waals surface area contributed by atoms with Crippen molar-refractivity contribution < 1.29 is 0 Å². The van der Waals surface area contributed by atoms with E-state index in [-0.39, 0.29) is 0 Å². The zero-order valence-electron chi connectivity index (χ0n) is 8.73. The molecule has 0 bridgehead atoms. The van der Waals surface area contributed by atoms with Crippen molar-refractivity contribution in [1.29, 1.82) is 0 Å². The van der Waals surface area contributed by atoms with Crippen LogP contribution in [0.2, 0.25) is 0 Å². The van der Waals surface area contributed by atoms with Gasteiger partial charge in [-0.15, -0.1) is 0 Å². The monoisotopic (exact) mass is 179 g/mol. The van der Waals surface area contributed by atoms with Crippen LogP contribution in [-0.4, -0.2) is 12.6 Å². The summed E-state index contributed by atoms with van der Waals surface area (Å²) in [5.74, 6) is 0. The van der Waals surface area contributed by atoms with Gasteiger partial charge in [-0.05, 0) is 38.0 Å². The minimum Gasteiger partial charge on any atom is -0.310 e. The van der Waals surface area contributed by atoms with Crippen LogP contribution in [0.1, 0.15) is 45.4 Å². The van der Waals surface area contributed by atoms with Crippen molar-refractivity contribution in [3.05, 3.63) is 12.2 Å². The average molecular weight is 179 g/mol. The Balaban J connectivity index is 1.87. The van der Waals surface area contributed by atoms with Crippen LogP contribution < -0.4 is 5.32 Å². The molecular formula is C12H21N. The molecule has 2 rings (SSSR count). The molecule has 13 heavy (non-hydrogen) atoms. The molecule has 0 aromatic rings. The van der Waals surface area contributed by atoms with E-state index in [4.69, 9.17) is 0 Å². The minimum atomic E-state index is 0.718. The lowest BCUT2D eigenvalue weighted by Gasteiger charge is -2.44. The van der Waals surface area contributed by atoms with Gasteiger partial charge in [-0.3, -0.25) is 0 Å². The molecule has 0 aliphatic heterocycles. The summed E-state index contributed by atoms with van der Waals surface area (Å²) < 4.78 is 0. The van der Waals surface area contributed by atoms with Gasteiger partial charge >= 0.3 is 0 Å². The van der Waals surface area contributed by atoms with Gasteiger partial charge in [0.1, 0.15) is 0 Å². The fraction of sp³-hybridized carbons (Fsp3) is 0.833. The Labute approximate surface area is 81.6 Å². The number of hydrogen-bond donors (Lipinski definition) is 1. The second-order valence-electron chi connectivity index (χ2n) is 5.00. The van der Waals surface area contributed by atoms with Crippen LogP contribution in [0.4, 0.5) is 0 Å². The Morgan fingerprint density at radius 1 is 1.38 bits per heavy atom. The van der Waals surface area contributed by atoms with Gasteiger partial charge in [0.2, 0.25) is 0 Å². The molecule has 1 atom stereocenters. The van der Waals surface area contributed by atoms with Crippen LogP contribution in [0.25, 0.3) is 0 Å². The predicted octanol–water partition coefficient (Wildman–Crippen LogP) is 2.87. The van der Waals surface area contributed by atoms with Crippen LogP contribution in [-0.2, 0) is 0 Å². The summed E-state index contributed by atoms with van der Waals surface area (Å²) in [5, 5.41) is 3.67. The molecule has 0 saturated heterocycles. The Kier molecular flexibility index (Phi) is 2.46. The van der Waals surface area contributed by atoms with Crippen LogP contribution in [0.3, 0.4) is 0 Å². The van der Waals surface area contributed by atoms with Crippen LogP contribution >= 0.6 is 0 Å². The van der Waals surface area contributed by atoms with Gasteiger partial charge in [0, 0.05) is 12.6 Å². The van der Waals surface area contributed by atoms with E-state index in [9.17, 15) is 0 Å². The van der Waals surface area contributed by atoms with E-state index in [2.05, 4.69) is 18.8 Å². The maximum atomic E-state index is 3.95. The second-order valence-corrected chi connectivity index (χ2v) is 5.00. The number of rotatable bonds is 3. The summed E-state index contributed by atoms with van der Waals surface area (Å²) >= 11 is 0. The fourth-order valence-corrected chi connectivity index (χ4v) is 2.98. The normalized spacial score (nSPS) is 30.4. The molecule has 1 nitrogen and oxygen atoms in total. The quantitative estimate of drug-likeness (QED) is 0.657. The molecule has 1 N–H and O–H groups in total. The topological polar surface area (TPSA) is 12.0 Å². The molecule has 2 aliphatic carbocycles. The van der Waals surface area contributed by atoms with Crippen molar-refractivity contribution in [1.82, 2.24) is 5.32 Å². The highest BCUT2D eigenvalue weighted by Crippen LogP contribution is 2.53. The summed E-state index contributed by atoms with van der Waals surface area (Å²) in [6.45, 7) is 7.07. The Morgan fingerprint density at radius 3 is 2.62 bits per heavy atom. The maximum Gasteiger partial charge on any atom is 0.0161 e. The molecule has 74 valence electrons. The largest absolute Gasteiger partial charge is 0.310 e. The van der Waals surface area contributed by atoms with Crippen molar-refractivity contribution in [3.63, 3.8) is 0 Å². The summed E-state index contributed by atoms with van der Waals surface area (Å²) in [4.78, 5) is 0. The highest BCUT2D eigenvalue weighted by Gasteiger charge is 2.46. The van der Waals surface area contributed by atoms with Crippen molar-refractivity contribution in [2.24, 2.45) is 5.41 Å². The molecule has 0 aromatic heterocycles. The van der Waals surface area contributed by atoms with Crippen LogP contribution in [0.15, 0.2) is 12.2 Å². The molecule has 0 heterocycles. The first-order chi connectivity index (χ1) is 6.23. The minimum absolute atomic E-state index is 0.718. The van der Waals surface area contributed by atoms with E-state index in [1.165, 1.54) is 44.1 Å². The molecule has 1 unspecified atom stereocenters. The fourth-order valence-electron chi connectivity index (χ4n) is 2.98. The molecule has 2 saturated carbocycles. The molecule has 0 radical (unpaired) electrons. The Bertz CT molecular complexity index is 203. The van der Waals surface area contributed by atoms with Crippen molar-refractivity contribution in [3.8, 4) is 0 Å². The van der Waals surface area contributed by atoms with E-state index in [1.54, 1.807) is 0 Å². The highest BCUT2D eigenvalue weighted by molar-refractivity contribution is 5.03. The van der Waals surface area contributed by atoms with E-state index >= 15 is 0 Å². The smallest absolute Gasteiger partial charge is 0.0161 e. The standard InChI is InChI=1S/C12H21N/c1-10(2)9-13-11-5-3-6-12(11)7-4-8-12/h11,13H,1,3-9H2,2H3. The van der Waals surface area contributed by atoms with Gasteiger partial charge < -0.3 is 5.32 Å². The third-order valence-corrected chi connectivity index (χ3v) is 3.91. The molecule has 2 fully saturated rings. The van der Waals surface area contributed by atoms with E-state index in [0.29, 0.717) is 0 Å². The SMILES string of the molecule is C=C(C)CNC1CCCC12CCC2. The highest BCUT2D eigenvalue weighted by atomic mass is 14.9. The summed E-state index contributed by atoms with van der Waals surface area (Å²) in [6, 6.07) is 0.804. The van der Waals surface area contributed by atoms with Crippen molar-refractivity contribution >= 4 is 0 Å². The van der Waals surface area contributed by atoms with E-state index in [1.807, 2.05) is 0 Å². The summed E-state index contributed by atoms with van der Waals surface area (Å²) in [5.41, 5.74) is 1.98. The van der Waals surface area contributed by atoms with Gasteiger partial charge in [-0.1, -0.05) is 25.0 Å². The molecule has 2 aliphatic rings. The number of hydrogen-bond acceptors (Lipinski definition) is 1. The first-order valence-corrected chi connectivity index (χ1v) is 5.61. The molecular weight excluding hydrogens is 158 g/mol. The van der Waals surface area contributed by atoms with Gasteiger partial charge in [-0.25, -0.2) is 0 Å². The number of nitrogens with one attached hydrogen (secondary N) is 1. The van der Waals surface area contributed by atoms with Crippen molar-refractivity contribution in [2.45, 2.75) is 51.5 Å². The van der Waals surface area contributed by atoms with Crippen molar-refractivity contribution in [2.75, 3.05) is 6.54 Å². The second kappa shape index (κ2) is 3.45. The summed E-state index contributed by atoms with van der Waals surface area (Å²) in [6.07, 6.45) is 8.72. The molecule has 1 heteroatoms. The van der Waals surface area contributed by atoms with Gasteiger partial charge in [0.15, 0.2) is 0 Å². The molecule has 0 amide bonds. The zero-order valence-corrected chi connectivity index (χ0v) is 8.73. The molecule has 0 aromatic carbocycles. The lowest BCUT2D eigenvalue weighted by molar-refractivity contribution is 0.103. The average Bonchev–Trinajstić information content (AvgIpc) is 2.42. The Hall–Kier alpha value is -0.300. The summed E-state index contributed by atoms with van der Waals surface area (Å²) in [7, 11) is 0. The maximum absolute atomic E-state index is 3.95. The first-order valence-electron chi connectivity index (χ1n) is 5.61. The van der Waals surface area contributed by atoms with Gasteiger partial charge in [0.05, 0.1) is 0 Å². The third-order valence-electron chi connectivity index (χ3n) is 3.91. The molecule has 1 spiro atoms. The zero-order chi connectivity index (χ0) is 9.31. The lowest BCUT2D eigenvalue weighted by atomic mass is 9.65. The third kappa shape index (κ3) is 1.67. The van der Waals surface area contributed by atoms with Crippen LogP contribution in [0.5, 0.6) is 0 Å². The van der Waals surface area contributed by atoms with E-state index < -0.39 is 0 Å². The predicted molar refractivity (Wildman–Crippen MR) is 56.7 cm³/mol. The first kappa shape index (κ1) is 9.26. The van der Waals surface area contributed by atoms with Crippen LogP contribution in [0, 0.1) is 5.41 Å². The van der Waals surface area contributed by atoms with Gasteiger partial charge in [0.25, 0.3) is 0 Å². The van der Waals surface area contributed by atoms with E-state index in [0.717, 1.165) is 18.0 Å². The van der Waals surface area contributed by atoms with Gasteiger partial charge in [-0.2, -0.15) is 0 Å². The lowest BCUT2D eigenvalue weighted by Crippen LogP contribution is -2.46.